The van der Waals surface area contributed by atoms with Crippen molar-refractivity contribution in [2.45, 2.75) is 12.8 Å². The van der Waals surface area contributed by atoms with Gasteiger partial charge < -0.3 is 14.4 Å². The van der Waals surface area contributed by atoms with Crippen LogP contribution in [0, 0.1) is 0 Å². The molecule has 90 valence electrons. The van der Waals surface area contributed by atoms with Crippen LogP contribution in [0.5, 0.6) is 11.5 Å². The van der Waals surface area contributed by atoms with Crippen molar-refractivity contribution in [1.29, 1.82) is 0 Å². The second-order valence-corrected chi connectivity index (χ2v) is 4.08. The fourth-order valence-corrected chi connectivity index (χ4v) is 1.66. The second-order valence-electron chi connectivity index (χ2n) is 4.08. The minimum atomic E-state index is 0.889. The molecule has 0 fully saturated rings. The molecule has 0 spiro atoms. The molecule has 1 aromatic carbocycles. The first kappa shape index (κ1) is 12.8. The Morgan fingerprint density at radius 3 is 2.44 bits per heavy atom. The van der Waals surface area contributed by atoms with E-state index in [1.165, 1.54) is 5.56 Å². The average molecular weight is 223 g/mol. The van der Waals surface area contributed by atoms with Crippen LogP contribution in [0.3, 0.4) is 0 Å². The van der Waals surface area contributed by atoms with E-state index in [0.29, 0.717) is 0 Å². The lowest BCUT2D eigenvalue weighted by Crippen LogP contribution is -2.13. The van der Waals surface area contributed by atoms with Gasteiger partial charge in [-0.1, -0.05) is 0 Å². The van der Waals surface area contributed by atoms with E-state index in [2.05, 4.69) is 25.1 Å². The van der Waals surface area contributed by atoms with E-state index in [4.69, 9.17) is 9.47 Å². The SMILES string of the molecule is COc1ccc(OC)c(CCCN(C)C)c1. The highest BCUT2D eigenvalue weighted by molar-refractivity contribution is 5.40. The van der Waals surface area contributed by atoms with Crippen LogP contribution in [0.4, 0.5) is 0 Å². The molecule has 3 heteroatoms. The van der Waals surface area contributed by atoms with E-state index in [9.17, 15) is 0 Å². The highest BCUT2D eigenvalue weighted by Crippen LogP contribution is 2.24. The van der Waals surface area contributed by atoms with Gasteiger partial charge in [0.15, 0.2) is 0 Å². The predicted molar refractivity (Wildman–Crippen MR) is 66.4 cm³/mol. The topological polar surface area (TPSA) is 21.7 Å². The fourth-order valence-electron chi connectivity index (χ4n) is 1.66. The van der Waals surface area contributed by atoms with Gasteiger partial charge in [-0.2, -0.15) is 0 Å². The van der Waals surface area contributed by atoms with Crippen LogP contribution in [0.15, 0.2) is 18.2 Å². The Morgan fingerprint density at radius 1 is 1.12 bits per heavy atom. The van der Waals surface area contributed by atoms with Crippen molar-refractivity contribution in [3.63, 3.8) is 0 Å². The van der Waals surface area contributed by atoms with Crippen molar-refractivity contribution >= 4 is 0 Å². The fraction of sp³-hybridized carbons (Fsp3) is 0.538. The maximum atomic E-state index is 5.33. The summed E-state index contributed by atoms with van der Waals surface area (Å²) in [6.45, 7) is 1.08. The first-order valence-electron chi connectivity index (χ1n) is 5.53. The first-order valence-corrected chi connectivity index (χ1v) is 5.53. The number of hydrogen-bond acceptors (Lipinski definition) is 3. The van der Waals surface area contributed by atoms with E-state index < -0.39 is 0 Å². The number of rotatable bonds is 6. The lowest BCUT2D eigenvalue weighted by atomic mass is 10.1. The molecule has 1 rings (SSSR count). The van der Waals surface area contributed by atoms with E-state index in [1.807, 2.05) is 12.1 Å². The van der Waals surface area contributed by atoms with Crippen molar-refractivity contribution in [2.75, 3.05) is 34.9 Å². The first-order chi connectivity index (χ1) is 7.67. The van der Waals surface area contributed by atoms with Gasteiger partial charge >= 0.3 is 0 Å². The number of hydrogen-bond donors (Lipinski definition) is 0. The van der Waals surface area contributed by atoms with Gasteiger partial charge in [0, 0.05) is 0 Å². The Morgan fingerprint density at radius 2 is 1.88 bits per heavy atom. The van der Waals surface area contributed by atoms with Crippen molar-refractivity contribution in [3.8, 4) is 11.5 Å². The summed E-state index contributed by atoms with van der Waals surface area (Å²) in [6, 6.07) is 5.94. The number of methoxy groups -OCH3 is 2. The molecule has 0 bridgehead atoms. The number of aryl methyl sites for hydroxylation is 1. The van der Waals surface area contributed by atoms with Crippen LogP contribution in [0.2, 0.25) is 0 Å². The van der Waals surface area contributed by atoms with Crippen LogP contribution in [-0.4, -0.2) is 39.8 Å². The third kappa shape index (κ3) is 3.74. The molecule has 0 aromatic heterocycles. The van der Waals surface area contributed by atoms with Gasteiger partial charge in [-0.3, -0.25) is 0 Å². The lowest BCUT2D eigenvalue weighted by Gasteiger charge is -2.12. The van der Waals surface area contributed by atoms with Crippen LogP contribution < -0.4 is 9.47 Å². The highest BCUT2D eigenvalue weighted by Gasteiger charge is 2.04. The second kappa shape index (κ2) is 6.38. The maximum Gasteiger partial charge on any atom is 0.122 e. The van der Waals surface area contributed by atoms with Crippen LogP contribution in [-0.2, 0) is 6.42 Å². The van der Waals surface area contributed by atoms with Crippen molar-refractivity contribution in [2.24, 2.45) is 0 Å². The standard InChI is InChI=1S/C13H21NO2/c1-14(2)9-5-6-11-10-12(15-3)7-8-13(11)16-4/h7-8,10H,5-6,9H2,1-4H3. The zero-order valence-electron chi connectivity index (χ0n) is 10.6. The Kier molecular flexibility index (Phi) is 5.12. The van der Waals surface area contributed by atoms with Gasteiger partial charge in [0.2, 0.25) is 0 Å². The number of benzene rings is 1. The van der Waals surface area contributed by atoms with E-state index in [-0.39, 0.29) is 0 Å². The smallest absolute Gasteiger partial charge is 0.122 e. The monoisotopic (exact) mass is 223 g/mol. The molecule has 16 heavy (non-hydrogen) atoms. The van der Waals surface area contributed by atoms with E-state index in [0.717, 1.165) is 30.9 Å². The molecule has 0 radical (unpaired) electrons. The van der Waals surface area contributed by atoms with Gasteiger partial charge in [-0.15, -0.1) is 0 Å². The van der Waals surface area contributed by atoms with E-state index in [1.54, 1.807) is 14.2 Å². The van der Waals surface area contributed by atoms with Crippen LogP contribution in [0.25, 0.3) is 0 Å². The summed E-state index contributed by atoms with van der Waals surface area (Å²) >= 11 is 0. The van der Waals surface area contributed by atoms with Crippen LogP contribution >= 0.6 is 0 Å². The summed E-state index contributed by atoms with van der Waals surface area (Å²) in [5, 5.41) is 0. The van der Waals surface area contributed by atoms with Crippen LogP contribution in [0.1, 0.15) is 12.0 Å². The summed E-state index contributed by atoms with van der Waals surface area (Å²) in [5.41, 5.74) is 1.21. The van der Waals surface area contributed by atoms with Gasteiger partial charge in [-0.25, -0.2) is 0 Å². The van der Waals surface area contributed by atoms with Crippen molar-refractivity contribution in [1.82, 2.24) is 4.90 Å². The number of nitrogens with zero attached hydrogens (tertiary/aromatic N) is 1. The molecule has 0 amide bonds. The zero-order chi connectivity index (χ0) is 12.0. The molecule has 0 N–H and O–H groups in total. The third-order valence-electron chi connectivity index (χ3n) is 2.54. The van der Waals surface area contributed by atoms with Crippen molar-refractivity contribution < 1.29 is 9.47 Å². The largest absolute Gasteiger partial charge is 0.497 e. The molecule has 0 unspecified atom stereocenters. The maximum absolute atomic E-state index is 5.33. The van der Waals surface area contributed by atoms with Gasteiger partial charge in [0.05, 0.1) is 14.2 Å². The molecule has 3 nitrogen and oxygen atoms in total. The minimum Gasteiger partial charge on any atom is -0.497 e. The summed E-state index contributed by atoms with van der Waals surface area (Å²) in [6.07, 6.45) is 2.13. The third-order valence-corrected chi connectivity index (χ3v) is 2.54. The molecule has 0 aliphatic rings. The predicted octanol–water partition coefficient (Wildman–Crippen LogP) is 2.20. The zero-order valence-corrected chi connectivity index (χ0v) is 10.6. The quantitative estimate of drug-likeness (QED) is 0.738. The minimum absolute atomic E-state index is 0.889. The van der Waals surface area contributed by atoms with Crippen molar-refractivity contribution in [3.05, 3.63) is 23.8 Å². The Bertz CT molecular complexity index is 324. The molecule has 1 aromatic rings. The molecular formula is C13H21NO2. The molecule has 0 saturated carbocycles. The molecule has 0 saturated heterocycles. The average Bonchev–Trinajstić information content (AvgIpc) is 2.28. The van der Waals surface area contributed by atoms with Gasteiger partial charge in [0.1, 0.15) is 11.5 Å². The summed E-state index contributed by atoms with van der Waals surface area (Å²) in [7, 11) is 7.56. The molecule has 0 aliphatic heterocycles. The highest BCUT2D eigenvalue weighted by atomic mass is 16.5. The summed E-state index contributed by atoms with van der Waals surface area (Å²) in [5.74, 6) is 1.83. The Hall–Kier alpha value is -1.22. The number of ether oxygens (including phenoxy) is 2. The lowest BCUT2D eigenvalue weighted by molar-refractivity contribution is 0.386. The Labute approximate surface area is 98.0 Å². The molecule has 0 heterocycles. The van der Waals surface area contributed by atoms with E-state index >= 15 is 0 Å². The summed E-state index contributed by atoms with van der Waals surface area (Å²) in [4.78, 5) is 2.19. The molecular weight excluding hydrogens is 202 g/mol. The normalized spacial score (nSPS) is 10.6. The molecule has 0 atom stereocenters. The van der Waals surface area contributed by atoms with Gasteiger partial charge in [0.25, 0.3) is 0 Å². The summed E-state index contributed by atoms with van der Waals surface area (Å²) < 4.78 is 10.5. The Balaban J connectivity index is 2.67. The van der Waals surface area contributed by atoms with Gasteiger partial charge in [-0.05, 0) is 57.2 Å². The molecule has 0 aliphatic carbocycles.